The number of nitrogens with zero attached hydrogens (tertiary/aromatic N) is 4. The van der Waals surface area contributed by atoms with Crippen molar-refractivity contribution in [3.05, 3.63) is 59.9 Å². The van der Waals surface area contributed by atoms with Crippen molar-refractivity contribution in [2.24, 2.45) is 0 Å². The molecule has 3 rings (SSSR count). The van der Waals surface area contributed by atoms with Gasteiger partial charge in [-0.15, -0.1) is 5.10 Å². The molecule has 0 aliphatic carbocycles. The van der Waals surface area contributed by atoms with E-state index in [1.54, 1.807) is 25.3 Å². The number of thioether (sulfide) groups is 1. The molecule has 0 aliphatic rings. The van der Waals surface area contributed by atoms with Gasteiger partial charge >= 0.3 is 0 Å². The summed E-state index contributed by atoms with van der Waals surface area (Å²) >= 11 is 1.19. The summed E-state index contributed by atoms with van der Waals surface area (Å²) < 4.78 is 19.8. The van der Waals surface area contributed by atoms with E-state index in [0.29, 0.717) is 10.7 Å². The van der Waals surface area contributed by atoms with E-state index >= 15 is 0 Å². The zero-order valence-electron chi connectivity index (χ0n) is 12.7. The van der Waals surface area contributed by atoms with E-state index in [4.69, 9.17) is 4.74 Å². The molecule has 0 atom stereocenters. The van der Waals surface area contributed by atoms with Gasteiger partial charge in [0.1, 0.15) is 11.6 Å². The Labute approximate surface area is 141 Å². The Morgan fingerprint density at radius 1 is 1.25 bits per heavy atom. The minimum absolute atomic E-state index is 0.111. The summed E-state index contributed by atoms with van der Waals surface area (Å²) in [6, 6.07) is 12.8. The smallest absolute Gasteiger partial charge is 0.214 e. The minimum Gasteiger partial charge on any atom is -0.497 e. The standard InChI is InChI=1S/C16H13FN4O2S/c1-23-14-7-5-13(6-8-14)21-16(18-19-20-21)24-10-15(22)11-3-2-4-12(17)9-11/h2-9H,10H2,1H3. The number of benzene rings is 2. The van der Waals surface area contributed by atoms with Crippen molar-refractivity contribution in [3.63, 3.8) is 0 Å². The number of hydrogen-bond acceptors (Lipinski definition) is 6. The lowest BCUT2D eigenvalue weighted by Gasteiger charge is -2.05. The van der Waals surface area contributed by atoms with Crippen LogP contribution in [0.3, 0.4) is 0 Å². The second kappa shape index (κ2) is 7.22. The normalized spacial score (nSPS) is 10.6. The molecule has 6 nitrogen and oxygen atoms in total. The lowest BCUT2D eigenvalue weighted by Crippen LogP contribution is -2.05. The Morgan fingerprint density at radius 3 is 2.75 bits per heavy atom. The molecule has 1 heterocycles. The molecule has 0 saturated carbocycles. The molecule has 0 saturated heterocycles. The molecule has 2 aromatic carbocycles. The summed E-state index contributed by atoms with van der Waals surface area (Å²) in [7, 11) is 1.59. The van der Waals surface area contributed by atoms with Crippen molar-refractivity contribution in [1.29, 1.82) is 0 Å². The van der Waals surface area contributed by atoms with Crippen LogP contribution < -0.4 is 4.74 Å². The second-order valence-electron chi connectivity index (χ2n) is 4.79. The highest BCUT2D eigenvalue weighted by Gasteiger charge is 2.13. The summed E-state index contributed by atoms with van der Waals surface area (Å²) in [6.45, 7) is 0. The maximum atomic E-state index is 13.2. The van der Waals surface area contributed by atoms with Crippen LogP contribution in [0.4, 0.5) is 4.39 Å². The van der Waals surface area contributed by atoms with Gasteiger partial charge in [0, 0.05) is 5.56 Å². The van der Waals surface area contributed by atoms with Gasteiger partial charge in [0.15, 0.2) is 5.78 Å². The van der Waals surface area contributed by atoms with Gasteiger partial charge in [-0.3, -0.25) is 4.79 Å². The first-order valence-corrected chi connectivity index (χ1v) is 8.00. The van der Waals surface area contributed by atoms with Crippen LogP contribution >= 0.6 is 11.8 Å². The van der Waals surface area contributed by atoms with Crippen LogP contribution in [0.25, 0.3) is 5.69 Å². The quantitative estimate of drug-likeness (QED) is 0.506. The highest BCUT2D eigenvalue weighted by Crippen LogP contribution is 2.21. The van der Waals surface area contributed by atoms with E-state index < -0.39 is 5.82 Å². The fraction of sp³-hybridized carbons (Fsp3) is 0.125. The average molecular weight is 344 g/mol. The Hall–Kier alpha value is -2.74. The molecule has 0 aliphatic heterocycles. The fourth-order valence-corrected chi connectivity index (χ4v) is 2.82. The summed E-state index contributed by atoms with van der Waals surface area (Å²) in [6.07, 6.45) is 0. The first kappa shape index (κ1) is 16.1. The number of halogens is 1. The highest BCUT2D eigenvalue weighted by molar-refractivity contribution is 7.99. The first-order valence-electron chi connectivity index (χ1n) is 7.02. The first-order chi connectivity index (χ1) is 11.7. The third-order valence-electron chi connectivity index (χ3n) is 3.24. The maximum absolute atomic E-state index is 13.2. The van der Waals surface area contributed by atoms with Crippen molar-refractivity contribution in [1.82, 2.24) is 20.2 Å². The van der Waals surface area contributed by atoms with Crippen LogP contribution in [0.2, 0.25) is 0 Å². The van der Waals surface area contributed by atoms with Gasteiger partial charge in [0.25, 0.3) is 0 Å². The molecule has 0 N–H and O–H groups in total. The van der Waals surface area contributed by atoms with Crippen molar-refractivity contribution in [2.75, 3.05) is 12.9 Å². The summed E-state index contributed by atoms with van der Waals surface area (Å²) in [4.78, 5) is 12.1. The maximum Gasteiger partial charge on any atom is 0.214 e. The molecule has 24 heavy (non-hydrogen) atoms. The Balaban J connectivity index is 1.72. The van der Waals surface area contributed by atoms with Crippen LogP contribution in [0.15, 0.2) is 53.7 Å². The van der Waals surface area contributed by atoms with E-state index in [1.165, 1.54) is 34.6 Å². The summed E-state index contributed by atoms with van der Waals surface area (Å²) in [5.74, 6) is 0.208. The number of ether oxygens (including phenoxy) is 1. The van der Waals surface area contributed by atoms with Crippen LogP contribution in [0.1, 0.15) is 10.4 Å². The van der Waals surface area contributed by atoms with E-state index in [2.05, 4.69) is 15.5 Å². The van der Waals surface area contributed by atoms with Crippen molar-refractivity contribution >= 4 is 17.5 Å². The predicted octanol–water partition coefficient (Wildman–Crippen LogP) is 2.79. The van der Waals surface area contributed by atoms with E-state index in [-0.39, 0.29) is 11.5 Å². The number of carbonyl (C=O) groups excluding carboxylic acids is 1. The van der Waals surface area contributed by atoms with Crippen LogP contribution in [0, 0.1) is 5.82 Å². The largest absolute Gasteiger partial charge is 0.497 e. The van der Waals surface area contributed by atoms with Crippen LogP contribution in [-0.4, -0.2) is 38.9 Å². The van der Waals surface area contributed by atoms with Gasteiger partial charge in [-0.1, -0.05) is 23.9 Å². The number of carbonyl (C=O) groups is 1. The Morgan fingerprint density at radius 2 is 2.04 bits per heavy atom. The molecule has 122 valence electrons. The van der Waals surface area contributed by atoms with Gasteiger partial charge < -0.3 is 4.74 Å². The highest BCUT2D eigenvalue weighted by atomic mass is 32.2. The monoisotopic (exact) mass is 344 g/mol. The molecule has 0 fully saturated rings. The third kappa shape index (κ3) is 3.60. The number of hydrogen-bond donors (Lipinski definition) is 0. The Kier molecular flexibility index (Phi) is 4.85. The zero-order valence-corrected chi connectivity index (χ0v) is 13.5. The lowest BCUT2D eigenvalue weighted by molar-refractivity contribution is 0.102. The number of tetrazole rings is 1. The van der Waals surface area contributed by atoms with Crippen molar-refractivity contribution < 1.29 is 13.9 Å². The topological polar surface area (TPSA) is 69.9 Å². The molecule has 0 radical (unpaired) electrons. The van der Waals surface area contributed by atoms with Crippen LogP contribution in [0.5, 0.6) is 5.75 Å². The molecule has 0 amide bonds. The van der Waals surface area contributed by atoms with Gasteiger partial charge in [-0.05, 0) is 46.8 Å². The van der Waals surface area contributed by atoms with E-state index in [1.807, 2.05) is 12.1 Å². The molecule has 8 heteroatoms. The number of Topliss-reactive ketones (excluding diaryl/α,β-unsaturated/α-hetero) is 1. The van der Waals surface area contributed by atoms with Crippen molar-refractivity contribution in [2.45, 2.75) is 5.16 Å². The molecule has 3 aromatic rings. The number of rotatable bonds is 6. The summed E-state index contributed by atoms with van der Waals surface area (Å²) in [5.41, 5.74) is 1.08. The predicted molar refractivity (Wildman–Crippen MR) is 87.2 cm³/mol. The molecule has 0 spiro atoms. The van der Waals surface area contributed by atoms with Crippen molar-refractivity contribution in [3.8, 4) is 11.4 Å². The molecular formula is C16H13FN4O2S. The lowest BCUT2D eigenvalue weighted by atomic mass is 10.1. The number of aromatic nitrogens is 4. The van der Waals surface area contributed by atoms with Gasteiger partial charge in [0.05, 0.1) is 18.6 Å². The van der Waals surface area contributed by atoms with Crippen LogP contribution in [-0.2, 0) is 0 Å². The van der Waals surface area contributed by atoms with E-state index in [9.17, 15) is 9.18 Å². The Bertz CT molecular complexity index is 851. The van der Waals surface area contributed by atoms with Gasteiger partial charge in [0.2, 0.25) is 5.16 Å². The number of ketones is 1. The summed E-state index contributed by atoms with van der Waals surface area (Å²) in [5, 5.41) is 12.0. The molecule has 0 unspecified atom stereocenters. The molecular weight excluding hydrogens is 331 g/mol. The molecule has 1 aromatic heterocycles. The second-order valence-corrected chi connectivity index (χ2v) is 5.74. The fourth-order valence-electron chi connectivity index (χ4n) is 2.03. The third-order valence-corrected chi connectivity index (χ3v) is 4.16. The van der Waals surface area contributed by atoms with Gasteiger partial charge in [-0.25, -0.2) is 4.39 Å². The average Bonchev–Trinajstić information content (AvgIpc) is 3.08. The SMILES string of the molecule is COc1ccc(-n2nnnc2SCC(=O)c2cccc(F)c2)cc1. The van der Waals surface area contributed by atoms with E-state index in [0.717, 1.165) is 11.4 Å². The zero-order chi connectivity index (χ0) is 16.9. The van der Waals surface area contributed by atoms with Gasteiger partial charge in [-0.2, -0.15) is 4.68 Å². The number of methoxy groups -OCH3 is 1. The minimum atomic E-state index is -0.436. The molecule has 0 bridgehead atoms.